The quantitative estimate of drug-likeness (QED) is 0.808. The van der Waals surface area contributed by atoms with Crippen LogP contribution < -0.4 is 5.73 Å². The molecule has 0 amide bonds. The smallest absolute Gasteiger partial charge is 0.123 e. The van der Waals surface area contributed by atoms with Crippen LogP contribution in [0.5, 0.6) is 0 Å². The molecule has 0 aliphatic carbocycles. The Kier molecular flexibility index (Phi) is 5.76. The van der Waals surface area contributed by atoms with Gasteiger partial charge in [-0.15, -0.1) is 0 Å². The maximum Gasteiger partial charge on any atom is 0.123 e. The van der Waals surface area contributed by atoms with Crippen molar-refractivity contribution in [2.75, 3.05) is 20.1 Å². The molecule has 0 fully saturated rings. The number of benzene rings is 1. The Balaban J connectivity index is 2.60. The highest BCUT2D eigenvalue weighted by atomic mass is 19.1. The minimum absolute atomic E-state index is 0.181. The van der Waals surface area contributed by atoms with Gasteiger partial charge in [-0.2, -0.15) is 0 Å². The summed E-state index contributed by atoms with van der Waals surface area (Å²) >= 11 is 0. The van der Waals surface area contributed by atoms with Gasteiger partial charge in [-0.1, -0.05) is 26.0 Å². The van der Waals surface area contributed by atoms with Gasteiger partial charge in [0.1, 0.15) is 5.82 Å². The van der Waals surface area contributed by atoms with E-state index < -0.39 is 0 Å². The summed E-state index contributed by atoms with van der Waals surface area (Å²) in [5, 5.41) is 0. The lowest BCUT2D eigenvalue weighted by Gasteiger charge is -2.34. The fourth-order valence-corrected chi connectivity index (χ4v) is 2.36. The summed E-state index contributed by atoms with van der Waals surface area (Å²) in [6.07, 6.45) is 2.18. The van der Waals surface area contributed by atoms with Gasteiger partial charge in [0.15, 0.2) is 0 Å². The summed E-state index contributed by atoms with van der Waals surface area (Å²) in [6, 6.07) is 6.71. The lowest BCUT2D eigenvalue weighted by molar-refractivity contribution is 0.162. The van der Waals surface area contributed by atoms with E-state index in [4.69, 9.17) is 5.73 Å². The minimum atomic E-state index is -0.181. The van der Waals surface area contributed by atoms with Crippen LogP contribution >= 0.6 is 0 Å². The SMILES string of the molecule is CCC(CC)(CN)CN(C)Cc1ccc(F)cc1. The molecule has 0 aromatic heterocycles. The third-order valence-corrected chi connectivity index (χ3v) is 3.90. The molecule has 0 aliphatic heterocycles. The molecule has 3 heteroatoms. The molecule has 1 aromatic rings. The van der Waals surface area contributed by atoms with Gasteiger partial charge in [-0.3, -0.25) is 0 Å². The molecule has 2 nitrogen and oxygen atoms in total. The van der Waals surface area contributed by atoms with Crippen molar-refractivity contribution in [2.24, 2.45) is 11.1 Å². The zero-order chi connectivity index (χ0) is 13.6. The third-order valence-electron chi connectivity index (χ3n) is 3.90. The van der Waals surface area contributed by atoms with Gasteiger partial charge in [0.2, 0.25) is 0 Å². The average Bonchev–Trinajstić information content (AvgIpc) is 2.39. The number of nitrogens with two attached hydrogens (primary N) is 1. The molecule has 0 unspecified atom stereocenters. The first kappa shape index (κ1) is 15.1. The summed E-state index contributed by atoms with van der Waals surface area (Å²) in [5.74, 6) is -0.181. The molecule has 102 valence electrons. The van der Waals surface area contributed by atoms with Crippen LogP contribution in [0.2, 0.25) is 0 Å². The lowest BCUT2D eigenvalue weighted by atomic mass is 9.82. The van der Waals surface area contributed by atoms with Gasteiger partial charge in [0.25, 0.3) is 0 Å². The molecule has 0 saturated heterocycles. The van der Waals surface area contributed by atoms with E-state index in [1.54, 1.807) is 0 Å². The molecule has 0 saturated carbocycles. The molecular weight excluding hydrogens is 227 g/mol. The normalized spacial score (nSPS) is 12.1. The molecular formula is C15H25FN2. The van der Waals surface area contributed by atoms with Crippen molar-refractivity contribution >= 4 is 0 Å². The van der Waals surface area contributed by atoms with Gasteiger partial charge in [0.05, 0.1) is 0 Å². The summed E-state index contributed by atoms with van der Waals surface area (Å²) in [5.41, 5.74) is 7.25. The summed E-state index contributed by atoms with van der Waals surface area (Å²) in [7, 11) is 2.10. The van der Waals surface area contributed by atoms with Crippen LogP contribution in [0, 0.1) is 11.2 Å². The zero-order valence-corrected chi connectivity index (χ0v) is 11.7. The van der Waals surface area contributed by atoms with Gasteiger partial charge in [-0.25, -0.2) is 4.39 Å². The Hall–Kier alpha value is -0.930. The molecule has 0 bridgehead atoms. The van der Waals surface area contributed by atoms with E-state index in [1.807, 2.05) is 12.1 Å². The van der Waals surface area contributed by atoms with Crippen molar-refractivity contribution in [2.45, 2.75) is 33.2 Å². The molecule has 2 N–H and O–H groups in total. The van der Waals surface area contributed by atoms with Crippen LogP contribution in [-0.4, -0.2) is 25.0 Å². The number of halogens is 1. The number of hydrogen-bond acceptors (Lipinski definition) is 2. The maximum absolute atomic E-state index is 12.8. The van der Waals surface area contributed by atoms with Crippen molar-refractivity contribution in [3.8, 4) is 0 Å². The first-order chi connectivity index (χ1) is 8.55. The molecule has 18 heavy (non-hydrogen) atoms. The first-order valence-corrected chi connectivity index (χ1v) is 6.68. The molecule has 0 aliphatic rings. The largest absolute Gasteiger partial charge is 0.330 e. The standard InChI is InChI=1S/C15H25FN2/c1-4-15(5-2,11-17)12-18(3)10-13-6-8-14(16)9-7-13/h6-9H,4-5,10-12,17H2,1-3H3. The van der Waals surface area contributed by atoms with Crippen LogP contribution in [0.4, 0.5) is 4.39 Å². The Morgan fingerprint density at radius 1 is 1.17 bits per heavy atom. The van der Waals surface area contributed by atoms with Crippen LogP contribution in [0.1, 0.15) is 32.3 Å². The van der Waals surface area contributed by atoms with E-state index in [-0.39, 0.29) is 11.2 Å². The zero-order valence-electron chi connectivity index (χ0n) is 11.7. The van der Waals surface area contributed by atoms with Gasteiger partial charge in [0, 0.05) is 13.1 Å². The second-order valence-corrected chi connectivity index (χ2v) is 5.21. The molecule has 0 heterocycles. The Labute approximate surface area is 110 Å². The van der Waals surface area contributed by atoms with Gasteiger partial charge < -0.3 is 10.6 Å². The third kappa shape index (κ3) is 4.07. The Bertz CT molecular complexity index is 336. The predicted octanol–water partition coefficient (Wildman–Crippen LogP) is 3.02. The van der Waals surface area contributed by atoms with Crippen molar-refractivity contribution in [3.05, 3.63) is 35.6 Å². The maximum atomic E-state index is 12.8. The average molecular weight is 252 g/mol. The van der Waals surface area contributed by atoms with E-state index in [0.29, 0.717) is 6.54 Å². The summed E-state index contributed by atoms with van der Waals surface area (Å²) in [4.78, 5) is 2.27. The molecule has 1 aromatic carbocycles. The Morgan fingerprint density at radius 3 is 2.17 bits per heavy atom. The summed E-state index contributed by atoms with van der Waals surface area (Å²) < 4.78 is 12.8. The monoisotopic (exact) mass is 252 g/mol. The van der Waals surface area contributed by atoms with Gasteiger partial charge >= 0.3 is 0 Å². The van der Waals surface area contributed by atoms with Crippen molar-refractivity contribution in [3.63, 3.8) is 0 Å². The minimum Gasteiger partial charge on any atom is -0.330 e. The van der Waals surface area contributed by atoms with Crippen LogP contribution in [0.15, 0.2) is 24.3 Å². The van der Waals surface area contributed by atoms with Crippen molar-refractivity contribution in [1.82, 2.24) is 4.90 Å². The molecule has 1 rings (SSSR count). The van der Waals surface area contributed by atoms with E-state index >= 15 is 0 Å². The second kappa shape index (κ2) is 6.86. The number of rotatable bonds is 7. The fourth-order valence-electron chi connectivity index (χ4n) is 2.36. The number of hydrogen-bond donors (Lipinski definition) is 1. The van der Waals surface area contributed by atoms with Crippen molar-refractivity contribution < 1.29 is 4.39 Å². The van der Waals surface area contributed by atoms with E-state index in [0.717, 1.165) is 31.5 Å². The highest BCUT2D eigenvalue weighted by Gasteiger charge is 2.25. The predicted molar refractivity (Wildman–Crippen MR) is 74.8 cm³/mol. The van der Waals surface area contributed by atoms with Gasteiger partial charge in [-0.05, 0) is 49.5 Å². The second-order valence-electron chi connectivity index (χ2n) is 5.21. The van der Waals surface area contributed by atoms with E-state index in [1.165, 1.54) is 12.1 Å². The van der Waals surface area contributed by atoms with Crippen LogP contribution in [-0.2, 0) is 6.54 Å². The lowest BCUT2D eigenvalue weighted by Crippen LogP contribution is -2.40. The van der Waals surface area contributed by atoms with E-state index in [9.17, 15) is 4.39 Å². The van der Waals surface area contributed by atoms with Crippen LogP contribution in [0.25, 0.3) is 0 Å². The van der Waals surface area contributed by atoms with E-state index in [2.05, 4.69) is 25.8 Å². The first-order valence-electron chi connectivity index (χ1n) is 6.68. The van der Waals surface area contributed by atoms with Crippen LogP contribution in [0.3, 0.4) is 0 Å². The highest BCUT2D eigenvalue weighted by molar-refractivity contribution is 5.15. The molecule has 0 spiro atoms. The number of nitrogens with zero attached hydrogens (tertiary/aromatic N) is 1. The molecule has 0 radical (unpaired) electrons. The Morgan fingerprint density at radius 2 is 1.72 bits per heavy atom. The topological polar surface area (TPSA) is 29.3 Å². The highest BCUT2D eigenvalue weighted by Crippen LogP contribution is 2.26. The molecule has 0 atom stereocenters. The fraction of sp³-hybridized carbons (Fsp3) is 0.600. The summed E-state index contributed by atoms with van der Waals surface area (Å²) in [6.45, 7) is 6.92. The van der Waals surface area contributed by atoms with Crippen molar-refractivity contribution in [1.29, 1.82) is 0 Å².